The third-order valence-electron chi connectivity index (χ3n) is 5.16. The van der Waals surface area contributed by atoms with Crippen LogP contribution in [0, 0.1) is 13.8 Å². The minimum Gasteiger partial charge on any atom is -0.280 e. The molecule has 1 aromatic heterocycles. The number of anilines is 1. The van der Waals surface area contributed by atoms with Gasteiger partial charge in [-0.15, -0.1) is 11.3 Å². The second kappa shape index (κ2) is 7.81. The molecule has 158 valence electrons. The minimum atomic E-state index is -3.75. The topological polar surface area (TPSA) is 83.6 Å². The summed E-state index contributed by atoms with van der Waals surface area (Å²) in [6, 6.07) is 13.9. The average Bonchev–Trinajstić information content (AvgIpc) is 3.24. The van der Waals surface area contributed by atoms with Crippen molar-refractivity contribution in [1.29, 1.82) is 0 Å². The van der Waals surface area contributed by atoms with E-state index in [1.807, 2.05) is 19.1 Å². The summed E-state index contributed by atoms with van der Waals surface area (Å²) in [5.74, 6) is 0. The van der Waals surface area contributed by atoms with Crippen molar-refractivity contribution in [3.8, 4) is 0 Å². The van der Waals surface area contributed by atoms with E-state index in [0.717, 1.165) is 16.7 Å². The Kier molecular flexibility index (Phi) is 5.48. The molecular weight excluding hydrogens is 440 g/mol. The number of aryl methyl sites for hydroxylation is 2. The highest BCUT2D eigenvalue weighted by Crippen LogP contribution is 2.29. The molecule has 3 aromatic rings. The van der Waals surface area contributed by atoms with E-state index < -0.39 is 20.0 Å². The number of rotatable bonds is 5. The summed E-state index contributed by atoms with van der Waals surface area (Å²) >= 11 is 1.19. The third kappa shape index (κ3) is 4.02. The van der Waals surface area contributed by atoms with Crippen molar-refractivity contribution in [3.05, 3.63) is 76.2 Å². The van der Waals surface area contributed by atoms with E-state index in [1.165, 1.54) is 15.6 Å². The monoisotopic (exact) mass is 462 g/mol. The van der Waals surface area contributed by atoms with E-state index >= 15 is 0 Å². The molecule has 1 aliphatic rings. The zero-order chi connectivity index (χ0) is 21.5. The fraction of sp³-hybridized carbons (Fsp3) is 0.238. The van der Waals surface area contributed by atoms with Gasteiger partial charge < -0.3 is 0 Å². The number of hydrogen-bond donors (Lipinski definition) is 1. The van der Waals surface area contributed by atoms with Gasteiger partial charge in [0.2, 0.25) is 0 Å². The smallest absolute Gasteiger partial charge is 0.262 e. The molecule has 30 heavy (non-hydrogen) atoms. The van der Waals surface area contributed by atoms with Crippen LogP contribution in [-0.4, -0.2) is 27.7 Å². The predicted molar refractivity (Wildman–Crippen MR) is 119 cm³/mol. The lowest BCUT2D eigenvalue weighted by Crippen LogP contribution is -2.35. The minimum absolute atomic E-state index is 0.217. The van der Waals surface area contributed by atoms with E-state index in [4.69, 9.17) is 0 Å². The maximum Gasteiger partial charge on any atom is 0.262 e. The molecule has 6 nitrogen and oxygen atoms in total. The Morgan fingerprint density at radius 1 is 0.967 bits per heavy atom. The van der Waals surface area contributed by atoms with E-state index in [9.17, 15) is 16.8 Å². The molecule has 4 rings (SSSR count). The predicted octanol–water partition coefficient (Wildman–Crippen LogP) is 3.91. The molecule has 1 N–H and O–H groups in total. The van der Waals surface area contributed by atoms with E-state index in [-0.39, 0.29) is 11.4 Å². The van der Waals surface area contributed by atoms with Gasteiger partial charge in [-0.2, -0.15) is 4.31 Å². The molecule has 1 aliphatic heterocycles. The summed E-state index contributed by atoms with van der Waals surface area (Å²) in [6.45, 7) is 4.23. The molecule has 0 unspecified atom stereocenters. The molecule has 0 amide bonds. The second-order valence-electron chi connectivity index (χ2n) is 7.38. The molecule has 0 atom stereocenters. The van der Waals surface area contributed by atoms with Gasteiger partial charge in [0.1, 0.15) is 4.21 Å². The Morgan fingerprint density at radius 3 is 2.50 bits per heavy atom. The van der Waals surface area contributed by atoms with Crippen molar-refractivity contribution in [1.82, 2.24) is 4.31 Å². The van der Waals surface area contributed by atoms with Gasteiger partial charge in [-0.05, 0) is 72.2 Å². The van der Waals surface area contributed by atoms with Crippen LogP contribution in [0.25, 0.3) is 0 Å². The summed E-state index contributed by atoms with van der Waals surface area (Å²) in [7, 11) is -7.30. The molecule has 0 saturated heterocycles. The lowest BCUT2D eigenvalue weighted by Gasteiger charge is -2.28. The first-order valence-electron chi connectivity index (χ1n) is 9.42. The van der Waals surface area contributed by atoms with Crippen molar-refractivity contribution in [2.75, 3.05) is 11.3 Å². The maximum absolute atomic E-state index is 12.9. The van der Waals surface area contributed by atoms with Crippen LogP contribution in [0.15, 0.2) is 63.0 Å². The van der Waals surface area contributed by atoms with Crippen LogP contribution in [0.2, 0.25) is 0 Å². The molecule has 0 saturated carbocycles. The summed E-state index contributed by atoms with van der Waals surface area (Å²) in [5, 5.41) is 1.74. The summed E-state index contributed by atoms with van der Waals surface area (Å²) in [5.41, 5.74) is 3.79. The zero-order valence-corrected chi connectivity index (χ0v) is 19.1. The number of benzene rings is 2. The highest BCUT2D eigenvalue weighted by atomic mass is 32.2. The Bertz CT molecular complexity index is 1300. The average molecular weight is 463 g/mol. The lowest BCUT2D eigenvalue weighted by molar-refractivity contribution is 0.392. The molecule has 2 heterocycles. The highest BCUT2D eigenvalue weighted by molar-refractivity contribution is 7.92. The van der Waals surface area contributed by atoms with Gasteiger partial charge in [0.05, 0.1) is 4.90 Å². The molecule has 0 radical (unpaired) electrons. The van der Waals surface area contributed by atoms with Crippen molar-refractivity contribution < 1.29 is 16.8 Å². The van der Waals surface area contributed by atoms with E-state index in [0.29, 0.717) is 28.4 Å². The van der Waals surface area contributed by atoms with Crippen LogP contribution < -0.4 is 4.72 Å². The van der Waals surface area contributed by atoms with E-state index in [2.05, 4.69) is 4.72 Å². The van der Waals surface area contributed by atoms with Crippen molar-refractivity contribution in [3.63, 3.8) is 0 Å². The fourth-order valence-electron chi connectivity index (χ4n) is 3.54. The lowest BCUT2D eigenvalue weighted by atomic mass is 10.0. The Balaban J connectivity index is 1.61. The molecule has 9 heteroatoms. The molecule has 0 bridgehead atoms. The number of thiophene rings is 1. The largest absolute Gasteiger partial charge is 0.280 e. The van der Waals surface area contributed by atoms with Crippen LogP contribution in [0.5, 0.6) is 0 Å². The van der Waals surface area contributed by atoms with Gasteiger partial charge >= 0.3 is 0 Å². The van der Waals surface area contributed by atoms with Gasteiger partial charge in [-0.25, -0.2) is 16.8 Å². The zero-order valence-electron chi connectivity index (χ0n) is 16.6. The van der Waals surface area contributed by atoms with Crippen LogP contribution >= 0.6 is 11.3 Å². The SMILES string of the molecule is Cc1ccc(C)c(S(=O)(=O)Nc2ccc3c(c2)CN(S(=O)(=O)c2cccs2)CC3)c1. The number of nitrogens with one attached hydrogen (secondary N) is 1. The van der Waals surface area contributed by atoms with Crippen molar-refractivity contribution >= 4 is 37.1 Å². The summed E-state index contributed by atoms with van der Waals surface area (Å²) in [4.78, 5) is 0.238. The Morgan fingerprint density at radius 2 is 1.77 bits per heavy atom. The van der Waals surface area contributed by atoms with Gasteiger partial charge in [0, 0.05) is 18.8 Å². The number of fused-ring (bicyclic) bond motifs is 1. The molecule has 0 fully saturated rings. The number of nitrogens with zero attached hydrogens (tertiary/aromatic N) is 1. The van der Waals surface area contributed by atoms with Crippen LogP contribution in [0.3, 0.4) is 0 Å². The second-order valence-corrected chi connectivity index (χ2v) is 12.1. The first-order chi connectivity index (χ1) is 14.2. The van der Waals surface area contributed by atoms with Gasteiger partial charge in [-0.1, -0.05) is 24.3 Å². The standard InChI is InChI=1S/C21H22N2O4S3/c1-15-5-6-16(2)20(12-15)29(24,25)22-19-8-7-17-9-10-23(14-18(17)13-19)30(26,27)21-4-3-11-28-21/h3-8,11-13,22H,9-10,14H2,1-2H3. The summed E-state index contributed by atoms with van der Waals surface area (Å²) in [6.07, 6.45) is 0.587. The molecule has 0 aliphatic carbocycles. The fourth-order valence-corrected chi connectivity index (χ4v) is 7.49. The maximum atomic E-state index is 12.9. The number of hydrogen-bond acceptors (Lipinski definition) is 5. The first kappa shape index (κ1) is 21.0. The first-order valence-corrected chi connectivity index (χ1v) is 13.2. The summed E-state index contributed by atoms with van der Waals surface area (Å²) < 4.78 is 55.9. The van der Waals surface area contributed by atoms with Crippen LogP contribution in [0.1, 0.15) is 22.3 Å². The van der Waals surface area contributed by atoms with Gasteiger partial charge in [0.15, 0.2) is 0 Å². The van der Waals surface area contributed by atoms with Crippen molar-refractivity contribution in [2.45, 2.75) is 35.9 Å². The van der Waals surface area contributed by atoms with Gasteiger partial charge in [-0.3, -0.25) is 4.72 Å². The number of sulfonamides is 2. The normalized spacial score (nSPS) is 15.0. The highest BCUT2D eigenvalue weighted by Gasteiger charge is 2.29. The van der Waals surface area contributed by atoms with Crippen LogP contribution in [-0.2, 0) is 33.0 Å². The Hall–Kier alpha value is -2.20. The quantitative estimate of drug-likeness (QED) is 0.623. The third-order valence-corrected chi connectivity index (χ3v) is 9.90. The van der Waals surface area contributed by atoms with Crippen molar-refractivity contribution in [2.24, 2.45) is 0 Å². The van der Waals surface area contributed by atoms with Gasteiger partial charge in [0.25, 0.3) is 20.0 Å². The van der Waals surface area contributed by atoms with E-state index in [1.54, 1.807) is 48.7 Å². The molecule has 0 spiro atoms. The molecular formula is C21H22N2O4S3. The van der Waals surface area contributed by atoms with Crippen LogP contribution in [0.4, 0.5) is 5.69 Å². The Labute approximate surface area is 181 Å². The molecule has 2 aromatic carbocycles.